The van der Waals surface area contributed by atoms with Crippen LogP contribution in [0.25, 0.3) is 0 Å². The van der Waals surface area contributed by atoms with E-state index < -0.39 is 0 Å². The highest BCUT2D eigenvalue weighted by Crippen LogP contribution is 2.37. The highest BCUT2D eigenvalue weighted by atomic mass is 35.5. The Morgan fingerprint density at radius 2 is 1.76 bits per heavy atom. The quantitative estimate of drug-likeness (QED) is 0.886. The predicted octanol–water partition coefficient (Wildman–Crippen LogP) is 4.07. The van der Waals surface area contributed by atoms with Crippen molar-refractivity contribution in [2.75, 3.05) is 0 Å². The number of aromatic hydroxyl groups is 1. The van der Waals surface area contributed by atoms with Gasteiger partial charge in [0, 0.05) is 4.90 Å². The van der Waals surface area contributed by atoms with Crippen LogP contribution in [0.1, 0.15) is 5.56 Å². The molecule has 17 heavy (non-hydrogen) atoms. The molecule has 0 aliphatic carbocycles. The maximum atomic E-state index is 9.67. The molecule has 0 atom stereocenters. The lowest BCUT2D eigenvalue weighted by atomic mass is 10.2. The fourth-order valence-corrected chi connectivity index (χ4v) is 2.59. The third kappa shape index (κ3) is 2.55. The number of hydrogen-bond donors (Lipinski definition) is 1. The second kappa shape index (κ2) is 5.13. The van der Waals surface area contributed by atoms with Crippen LogP contribution in [0.2, 0.25) is 5.02 Å². The maximum absolute atomic E-state index is 9.67. The van der Waals surface area contributed by atoms with E-state index >= 15 is 0 Å². The zero-order chi connectivity index (χ0) is 12.3. The topological polar surface area (TPSA) is 44.0 Å². The first kappa shape index (κ1) is 11.8. The molecule has 2 nitrogen and oxygen atoms in total. The van der Waals surface area contributed by atoms with Gasteiger partial charge in [-0.2, -0.15) is 5.26 Å². The second-order valence-electron chi connectivity index (χ2n) is 3.29. The Hall–Kier alpha value is -1.63. The van der Waals surface area contributed by atoms with Crippen LogP contribution in [0.3, 0.4) is 0 Å². The fourth-order valence-electron chi connectivity index (χ4n) is 1.36. The van der Waals surface area contributed by atoms with E-state index in [0.717, 1.165) is 4.90 Å². The van der Waals surface area contributed by atoms with Crippen molar-refractivity contribution >= 4 is 23.4 Å². The first-order chi connectivity index (χ1) is 8.22. The molecule has 0 spiro atoms. The molecule has 0 amide bonds. The Morgan fingerprint density at radius 1 is 1.06 bits per heavy atom. The number of hydrogen-bond acceptors (Lipinski definition) is 3. The van der Waals surface area contributed by atoms with Crippen molar-refractivity contribution in [1.29, 1.82) is 5.26 Å². The number of rotatable bonds is 2. The molecule has 84 valence electrons. The SMILES string of the molecule is N#Cc1c(Cl)cccc1Sc1ccccc1O. The van der Waals surface area contributed by atoms with Gasteiger partial charge in [0.25, 0.3) is 0 Å². The van der Waals surface area contributed by atoms with E-state index in [2.05, 4.69) is 6.07 Å². The van der Waals surface area contributed by atoms with Gasteiger partial charge in [0.2, 0.25) is 0 Å². The largest absolute Gasteiger partial charge is 0.507 e. The zero-order valence-corrected chi connectivity index (χ0v) is 10.3. The van der Waals surface area contributed by atoms with Crippen LogP contribution in [-0.4, -0.2) is 5.11 Å². The standard InChI is InChI=1S/C13H8ClNOS/c14-10-4-3-7-12(9(10)8-15)17-13-6-2-1-5-11(13)16/h1-7,16H. The molecule has 0 saturated heterocycles. The minimum Gasteiger partial charge on any atom is -0.507 e. The van der Waals surface area contributed by atoms with E-state index in [4.69, 9.17) is 16.9 Å². The van der Waals surface area contributed by atoms with Gasteiger partial charge in [0.1, 0.15) is 11.8 Å². The lowest BCUT2D eigenvalue weighted by molar-refractivity contribution is 0.462. The average Bonchev–Trinajstić information content (AvgIpc) is 2.32. The molecular formula is C13H8ClNOS. The number of nitriles is 1. The summed E-state index contributed by atoms with van der Waals surface area (Å²) < 4.78 is 0. The molecule has 2 aromatic rings. The molecule has 2 aromatic carbocycles. The van der Waals surface area contributed by atoms with E-state index in [-0.39, 0.29) is 5.75 Å². The van der Waals surface area contributed by atoms with E-state index in [1.54, 1.807) is 30.3 Å². The number of phenolic OH excluding ortho intramolecular Hbond substituents is 1. The van der Waals surface area contributed by atoms with Gasteiger partial charge in [-0.1, -0.05) is 41.6 Å². The minimum atomic E-state index is 0.196. The molecule has 0 aliphatic heterocycles. The number of halogens is 1. The summed E-state index contributed by atoms with van der Waals surface area (Å²) in [6.07, 6.45) is 0. The zero-order valence-electron chi connectivity index (χ0n) is 8.72. The summed E-state index contributed by atoms with van der Waals surface area (Å²) in [7, 11) is 0. The van der Waals surface area contributed by atoms with Crippen LogP contribution in [0.5, 0.6) is 5.75 Å². The monoisotopic (exact) mass is 261 g/mol. The molecule has 0 radical (unpaired) electrons. The smallest absolute Gasteiger partial charge is 0.129 e. The van der Waals surface area contributed by atoms with Gasteiger partial charge in [-0.3, -0.25) is 0 Å². The van der Waals surface area contributed by atoms with Gasteiger partial charge in [-0.15, -0.1) is 0 Å². The molecule has 4 heteroatoms. The molecule has 0 heterocycles. The minimum absolute atomic E-state index is 0.196. The summed E-state index contributed by atoms with van der Waals surface area (Å²) in [5.41, 5.74) is 0.433. The van der Waals surface area contributed by atoms with E-state index in [1.807, 2.05) is 12.1 Å². The number of benzene rings is 2. The van der Waals surface area contributed by atoms with Crippen molar-refractivity contribution in [3.05, 3.63) is 53.1 Å². The predicted molar refractivity (Wildman–Crippen MR) is 68.4 cm³/mol. The summed E-state index contributed by atoms with van der Waals surface area (Å²) in [5, 5.41) is 19.1. The van der Waals surface area contributed by atoms with Crippen molar-refractivity contribution in [3.63, 3.8) is 0 Å². The van der Waals surface area contributed by atoms with Crippen LogP contribution in [0.4, 0.5) is 0 Å². The summed E-state index contributed by atoms with van der Waals surface area (Å²) in [6, 6.07) is 14.3. The van der Waals surface area contributed by atoms with Crippen LogP contribution >= 0.6 is 23.4 Å². The molecule has 0 fully saturated rings. The third-order valence-corrected chi connectivity index (χ3v) is 3.61. The molecule has 0 aromatic heterocycles. The summed E-state index contributed by atoms with van der Waals surface area (Å²) in [6.45, 7) is 0. The van der Waals surface area contributed by atoms with E-state index in [0.29, 0.717) is 15.5 Å². The van der Waals surface area contributed by atoms with Crippen molar-refractivity contribution in [3.8, 4) is 11.8 Å². The molecule has 0 bridgehead atoms. The van der Waals surface area contributed by atoms with Crippen molar-refractivity contribution in [1.82, 2.24) is 0 Å². The Kier molecular flexibility index (Phi) is 3.58. The Balaban J connectivity index is 2.41. The van der Waals surface area contributed by atoms with Crippen LogP contribution < -0.4 is 0 Å². The Bertz CT molecular complexity index is 592. The summed E-state index contributed by atoms with van der Waals surface area (Å²) in [5.74, 6) is 0.196. The van der Waals surface area contributed by atoms with Crippen LogP contribution in [0, 0.1) is 11.3 Å². The Labute approximate surface area is 108 Å². The average molecular weight is 262 g/mol. The van der Waals surface area contributed by atoms with E-state index in [9.17, 15) is 5.11 Å². The van der Waals surface area contributed by atoms with Crippen LogP contribution in [-0.2, 0) is 0 Å². The maximum Gasteiger partial charge on any atom is 0.129 e. The van der Waals surface area contributed by atoms with Crippen molar-refractivity contribution in [2.45, 2.75) is 9.79 Å². The van der Waals surface area contributed by atoms with Gasteiger partial charge >= 0.3 is 0 Å². The lowest BCUT2D eigenvalue weighted by Crippen LogP contribution is -1.83. The second-order valence-corrected chi connectivity index (χ2v) is 4.79. The third-order valence-electron chi connectivity index (χ3n) is 2.17. The number of para-hydroxylation sites is 1. The number of nitrogens with zero attached hydrogens (tertiary/aromatic N) is 1. The number of phenols is 1. The normalized spacial score (nSPS) is 9.88. The first-order valence-corrected chi connectivity index (χ1v) is 6.06. The molecule has 1 N–H and O–H groups in total. The molecule has 0 unspecified atom stereocenters. The Morgan fingerprint density at radius 3 is 2.47 bits per heavy atom. The molecule has 0 aliphatic rings. The molecule has 0 saturated carbocycles. The van der Waals surface area contributed by atoms with Gasteiger partial charge < -0.3 is 5.11 Å². The lowest BCUT2D eigenvalue weighted by Gasteiger charge is -2.06. The van der Waals surface area contributed by atoms with Crippen molar-refractivity contribution in [2.24, 2.45) is 0 Å². The summed E-state index contributed by atoms with van der Waals surface area (Å²) in [4.78, 5) is 1.44. The summed E-state index contributed by atoms with van der Waals surface area (Å²) >= 11 is 7.26. The van der Waals surface area contributed by atoms with Gasteiger partial charge in [0.15, 0.2) is 0 Å². The first-order valence-electron chi connectivity index (χ1n) is 4.87. The van der Waals surface area contributed by atoms with Crippen LogP contribution in [0.15, 0.2) is 52.3 Å². The highest BCUT2D eigenvalue weighted by molar-refractivity contribution is 7.99. The molecular weight excluding hydrogens is 254 g/mol. The van der Waals surface area contributed by atoms with Crippen molar-refractivity contribution < 1.29 is 5.11 Å². The fraction of sp³-hybridized carbons (Fsp3) is 0. The van der Waals surface area contributed by atoms with E-state index in [1.165, 1.54) is 11.8 Å². The van der Waals surface area contributed by atoms with Gasteiger partial charge in [0.05, 0.1) is 15.5 Å². The van der Waals surface area contributed by atoms with Gasteiger partial charge in [-0.05, 0) is 24.3 Å². The molecule has 2 rings (SSSR count). The highest BCUT2D eigenvalue weighted by Gasteiger charge is 2.09. The van der Waals surface area contributed by atoms with Gasteiger partial charge in [-0.25, -0.2) is 0 Å².